The number of carbonyl (C=O) groups is 1. The van der Waals surface area contributed by atoms with Crippen molar-refractivity contribution < 1.29 is 9.53 Å². The van der Waals surface area contributed by atoms with Gasteiger partial charge in [0.15, 0.2) is 0 Å². The SMILES string of the molecule is C=C(N)/N=C(\C1=C(N)CN(C(=O)NC2C[C@H]2CN(C)C)C1)c1c(Cl)cc(Cl)cc1OCCn1cccn1. The molecule has 1 aliphatic carbocycles. The molecule has 10 nitrogen and oxygen atoms in total. The number of aromatic nitrogens is 2. The van der Waals surface area contributed by atoms with Crippen molar-refractivity contribution in [1.29, 1.82) is 0 Å². The van der Waals surface area contributed by atoms with E-state index in [0.29, 0.717) is 57.4 Å². The van der Waals surface area contributed by atoms with Crippen molar-refractivity contribution in [3.05, 3.63) is 69.9 Å². The summed E-state index contributed by atoms with van der Waals surface area (Å²) in [5.74, 6) is 0.937. The van der Waals surface area contributed by atoms with Gasteiger partial charge in [-0.15, -0.1) is 0 Å². The van der Waals surface area contributed by atoms with Crippen LogP contribution >= 0.6 is 23.2 Å². The summed E-state index contributed by atoms with van der Waals surface area (Å²) in [6.07, 6.45) is 4.50. The Kier molecular flexibility index (Phi) is 8.31. The highest BCUT2D eigenvalue weighted by Crippen LogP contribution is 2.36. The molecule has 4 rings (SSSR count). The lowest BCUT2D eigenvalue weighted by atomic mass is 10.0. The number of halogens is 2. The molecule has 0 bridgehead atoms. The van der Waals surface area contributed by atoms with Gasteiger partial charge in [0.1, 0.15) is 18.2 Å². The first-order valence-corrected chi connectivity index (χ1v) is 12.7. The number of nitrogens with one attached hydrogen (secondary N) is 1. The van der Waals surface area contributed by atoms with Crippen molar-refractivity contribution in [2.45, 2.75) is 19.0 Å². The summed E-state index contributed by atoms with van der Waals surface area (Å²) in [6.45, 7) is 5.98. The van der Waals surface area contributed by atoms with Crippen LogP contribution in [0.3, 0.4) is 0 Å². The largest absolute Gasteiger partial charge is 0.491 e. The summed E-state index contributed by atoms with van der Waals surface area (Å²) in [7, 11) is 4.05. The van der Waals surface area contributed by atoms with E-state index in [0.717, 1.165) is 13.0 Å². The molecule has 2 atom stereocenters. The first-order chi connectivity index (χ1) is 17.6. The molecule has 5 N–H and O–H groups in total. The van der Waals surface area contributed by atoms with Gasteiger partial charge in [-0.3, -0.25) is 4.68 Å². The Bertz CT molecular complexity index is 1230. The van der Waals surface area contributed by atoms with E-state index in [-0.39, 0.29) is 31.0 Å². The maximum absolute atomic E-state index is 13.0. The number of rotatable bonds is 10. The molecule has 1 unspecified atom stereocenters. The minimum Gasteiger partial charge on any atom is -0.491 e. The third-order valence-electron chi connectivity index (χ3n) is 6.15. The number of benzene rings is 1. The molecule has 2 aliphatic rings. The van der Waals surface area contributed by atoms with Crippen LogP contribution in [0.4, 0.5) is 4.79 Å². The van der Waals surface area contributed by atoms with E-state index in [9.17, 15) is 4.79 Å². The smallest absolute Gasteiger partial charge is 0.318 e. The molecule has 2 aromatic rings. The van der Waals surface area contributed by atoms with Crippen molar-refractivity contribution in [2.24, 2.45) is 22.4 Å². The summed E-state index contributed by atoms with van der Waals surface area (Å²) >= 11 is 13.0. The second-order valence-electron chi connectivity index (χ2n) is 9.50. The second kappa shape index (κ2) is 11.5. The second-order valence-corrected chi connectivity index (χ2v) is 10.3. The lowest BCUT2D eigenvalue weighted by Crippen LogP contribution is -2.41. The minimum absolute atomic E-state index is 0.0659. The molecule has 1 fully saturated rings. The Morgan fingerprint density at radius 3 is 2.81 bits per heavy atom. The summed E-state index contributed by atoms with van der Waals surface area (Å²) in [4.78, 5) is 21.2. The van der Waals surface area contributed by atoms with E-state index >= 15 is 0 Å². The maximum Gasteiger partial charge on any atom is 0.318 e. The molecular formula is C25H32Cl2N8O2. The number of aliphatic imine (C=N–C) groups is 1. The molecule has 2 heterocycles. The first-order valence-electron chi connectivity index (χ1n) is 11.9. The Balaban J connectivity index is 1.54. The minimum atomic E-state index is -0.173. The molecule has 0 radical (unpaired) electrons. The number of nitrogens with two attached hydrogens (primary N) is 2. The van der Waals surface area contributed by atoms with Gasteiger partial charge in [-0.1, -0.05) is 29.8 Å². The predicted octanol–water partition coefficient (Wildman–Crippen LogP) is 2.68. The van der Waals surface area contributed by atoms with E-state index in [1.165, 1.54) is 0 Å². The van der Waals surface area contributed by atoms with Gasteiger partial charge in [-0.05, 0) is 44.6 Å². The molecule has 0 saturated heterocycles. The Morgan fingerprint density at radius 2 is 2.14 bits per heavy atom. The van der Waals surface area contributed by atoms with Crippen molar-refractivity contribution in [2.75, 3.05) is 40.3 Å². The van der Waals surface area contributed by atoms with E-state index in [4.69, 9.17) is 39.4 Å². The molecule has 1 aliphatic heterocycles. The molecule has 198 valence electrons. The number of nitrogens with zero attached hydrogens (tertiary/aromatic N) is 5. The van der Waals surface area contributed by atoms with Crippen LogP contribution in [0.2, 0.25) is 10.0 Å². The van der Waals surface area contributed by atoms with E-state index in [1.54, 1.807) is 27.9 Å². The monoisotopic (exact) mass is 546 g/mol. The van der Waals surface area contributed by atoms with E-state index < -0.39 is 0 Å². The van der Waals surface area contributed by atoms with Gasteiger partial charge >= 0.3 is 6.03 Å². The Hall–Kier alpha value is -3.21. The topological polar surface area (TPSA) is 127 Å². The summed E-state index contributed by atoms with van der Waals surface area (Å²) in [5, 5.41) is 8.00. The molecule has 0 spiro atoms. The van der Waals surface area contributed by atoms with Crippen LogP contribution in [0.1, 0.15) is 12.0 Å². The van der Waals surface area contributed by atoms with Crippen molar-refractivity contribution in [3.63, 3.8) is 0 Å². The van der Waals surface area contributed by atoms with Gasteiger partial charge in [0.2, 0.25) is 0 Å². The molecule has 2 amide bonds. The zero-order chi connectivity index (χ0) is 26.7. The van der Waals surface area contributed by atoms with Crippen molar-refractivity contribution >= 4 is 34.9 Å². The average molecular weight is 547 g/mol. The average Bonchev–Trinajstić information content (AvgIpc) is 3.18. The third kappa shape index (κ3) is 6.76. The number of urea groups is 1. The highest BCUT2D eigenvalue weighted by atomic mass is 35.5. The molecule has 12 heteroatoms. The number of carbonyl (C=O) groups excluding carboxylic acids is 1. The fraction of sp³-hybridized carbons (Fsp3) is 0.400. The standard InChI is InChI=1S/C25H32Cl2N8O2/c1-15(28)31-24(18-13-34(14-20(18)29)25(36)32-21-9-16(21)12-33(2)3)23-19(27)10-17(26)11-22(23)37-8-7-35-6-4-5-30-35/h4-6,10-11,16,21H,1,7-9,12-14,28-29H2,2-3H3,(H,32,36)/b31-24+/t16-,21?/m0/s1. The van der Waals surface area contributed by atoms with Gasteiger partial charge in [-0.25, -0.2) is 9.79 Å². The van der Waals surface area contributed by atoms with Gasteiger partial charge in [0.25, 0.3) is 0 Å². The summed E-state index contributed by atoms with van der Waals surface area (Å²) in [6, 6.07) is 5.09. The zero-order valence-electron chi connectivity index (χ0n) is 21.0. The van der Waals surface area contributed by atoms with Gasteiger partial charge < -0.3 is 31.3 Å². The van der Waals surface area contributed by atoms with Crippen LogP contribution in [0, 0.1) is 5.92 Å². The first kappa shape index (κ1) is 26.8. The predicted molar refractivity (Wildman–Crippen MR) is 146 cm³/mol. The molecule has 1 aromatic carbocycles. The van der Waals surface area contributed by atoms with Crippen LogP contribution in [0.15, 0.2) is 59.3 Å². The molecular weight excluding hydrogens is 515 g/mol. The van der Waals surface area contributed by atoms with Gasteiger partial charge in [-0.2, -0.15) is 5.10 Å². The van der Waals surface area contributed by atoms with Crippen LogP contribution in [-0.2, 0) is 6.54 Å². The van der Waals surface area contributed by atoms with Crippen LogP contribution < -0.4 is 21.5 Å². The fourth-order valence-electron chi connectivity index (χ4n) is 4.36. The Morgan fingerprint density at radius 1 is 1.35 bits per heavy atom. The highest BCUT2D eigenvalue weighted by molar-refractivity contribution is 6.38. The van der Waals surface area contributed by atoms with Crippen molar-refractivity contribution in [1.82, 2.24) is 24.9 Å². The lowest BCUT2D eigenvalue weighted by molar-refractivity contribution is 0.208. The van der Waals surface area contributed by atoms with Gasteiger partial charge in [0.05, 0.1) is 35.9 Å². The number of hydrogen-bond acceptors (Lipinski definition) is 7. The normalized spacial score (nSPS) is 19.5. The van der Waals surface area contributed by atoms with Crippen LogP contribution in [-0.4, -0.2) is 77.7 Å². The zero-order valence-corrected chi connectivity index (χ0v) is 22.5. The van der Waals surface area contributed by atoms with E-state index in [2.05, 4.69) is 26.9 Å². The number of ether oxygens (including phenoxy) is 1. The third-order valence-corrected chi connectivity index (χ3v) is 6.67. The summed E-state index contributed by atoms with van der Waals surface area (Å²) in [5.41, 5.74) is 14.3. The lowest BCUT2D eigenvalue weighted by Gasteiger charge is -2.19. The van der Waals surface area contributed by atoms with Crippen molar-refractivity contribution in [3.8, 4) is 5.75 Å². The Labute approximate surface area is 226 Å². The highest BCUT2D eigenvalue weighted by Gasteiger charge is 2.40. The maximum atomic E-state index is 13.0. The number of hydrogen-bond donors (Lipinski definition) is 3. The summed E-state index contributed by atoms with van der Waals surface area (Å²) < 4.78 is 7.82. The molecule has 37 heavy (non-hydrogen) atoms. The fourth-order valence-corrected chi connectivity index (χ4v) is 4.92. The molecule has 1 aromatic heterocycles. The van der Waals surface area contributed by atoms with E-state index in [1.807, 2.05) is 26.4 Å². The van der Waals surface area contributed by atoms with Crippen LogP contribution in [0.25, 0.3) is 0 Å². The van der Waals surface area contributed by atoms with Gasteiger partial charge in [0, 0.05) is 41.3 Å². The molecule has 1 saturated carbocycles. The number of amides is 2. The quantitative estimate of drug-likeness (QED) is 0.393. The van der Waals surface area contributed by atoms with Crippen LogP contribution in [0.5, 0.6) is 5.75 Å².